The Labute approximate surface area is 203 Å². The van der Waals surface area contributed by atoms with Crippen molar-refractivity contribution in [2.75, 3.05) is 39.2 Å². The maximum atomic E-state index is 13.4. The largest absolute Gasteiger partial charge is 0.493 e. The second-order valence-corrected chi connectivity index (χ2v) is 8.54. The Morgan fingerprint density at radius 3 is 2.57 bits per heavy atom. The maximum Gasteiger partial charge on any atom is 0.327 e. The van der Waals surface area contributed by atoms with E-state index in [-0.39, 0.29) is 19.0 Å². The zero-order valence-corrected chi connectivity index (χ0v) is 19.8. The second kappa shape index (κ2) is 10.7. The molecule has 0 spiro atoms. The highest BCUT2D eigenvalue weighted by molar-refractivity contribution is 6.03. The third-order valence-corrected chi connectivity index (χ3v) is 6.35. The van der Waals surface area contributed by atoms with Crippen LogP contribution in [0.15, 0.2) is 42.5 Å². The lowest BCUT2D eigenvalue weighted by Gasteiger charge is -2.46. The van der Waals surface area contributed by atoms with Gasteiger partial charge in [-0.3, -0.25) is 14.5 Å². The number of halogens is 1. The van der Waals surface area contributed by atoms with Gasteiger partial charge in [0, 0.05) is 12.2 Å². The van der Waals surface area contributed by atoms with Gasteiger partial charge < -0.3 is 25.0 Å². The molecule has 0 saturated carbocycles. The highest BCUT2D eigenvalue weighted by atomic mass is 19.1. The first-order chi connectivity index (χ1) is 16.9. The summed E-state index contributed by atoms with van der Waals surface area (Å²) in [6.45, 7) is 0.619. The lowest BCUT2D eigenvalue weighted by atomic mass is 9.93. The number of piperidine rings is 1. The Bertz CT molecular complexity index is 1090. The number of fused-ring (bicyclic) bond motifs is 1. The van der Waals surface area contributed by atoms with E-state index in [1.165, 1.54) is 34.1 Å². The fourth-order valence-corrected chi connectivity index (χ4v) is 4.57. The predicted octanol–water partition coefficient (Wildman–Crippen LogP) is 2.41. The summed E-state index contributed by atoms with van der Waals surface area (Å²) in [4.78, 5) is 42.0. The van der Waals surface area contributed by atoms with Crippen LogP contribution in [0.3, 0.4) is 0 Å². The van der Waals surface area contributed by atoms with Crippen LogP contribution in [-0.4, -0.2) is 73.6 Å². The molecule has 186 valence electrons. The molecule has 2 N–H and O–H groups in total. The standard InChI is InChI=1S/C25H29FN4O5/c1-34-20-10-5-16(14-21(20)35-2)11-13-29-24(32)23-19(4-3-12-27-23)30(25(29)33)15-22(31)28-18-8-6-17(26)7-9-18/h5-10,14,19,23,27H,3-4,11-13,15H2,1-2H3,(H,28,31). The molecule has 0 aromatic heterocycles. The molecule has 2 aromatic carbocycles. The smallest absolute Gasteiger partial charge is 0.327 e. The van der Waals surface area contributed by atoms with Crippen molar-refractivity contribution in [1.29, 1.82) is 0 Å². The number of carbonyl (C=O) groups excluding carboxylic acids is 3. The van der Waals surface area contributed by atoms with E-state index in [2.05, 4.69) is 10.6 Å². The van der Waals surface area contributed by atoms with Crippen LogP contribution in [0.1, 0.15) is 18.4 Å². The minimum Gasteiger partial charge on any atom is -0.493 e. The van der Waals surface area contributed by atoms with Gasteiger partial charge in [0.25, 0.3) is 0 Å². The summed E-state index contributed by atoms with van der Waals surface area (Å²) in [6, 6.07) is 9.39. The number of nitrogens with one attached hydrogen (secondary N) is 2. The van der Waals surface area contributed by atoms with Crippen molar-refractivity contribution < 1.29 is 28.2 Å². The summed E-state index contributed by atoms with van der Waals surface area (Å²) in [6.07, 6.45) is 1.84. The number of ether oxygens (including phenoxy) is 2. The van der Waals surface area contributed by atoms with Crippen molar-refractivity contribution >= 4 is 23.5 Å². The van der Waals surface area contributed by atoms with E-state index in [9.17, 15) is 18.8 Å². The Kier molecular flexibility index (Phi) is 7.50. The van der Waals surface area contributed by atoms with Crippen molar-refractivity contribution in [2.24, 2.45) is 0 Å². The molecule has 0 bridgehead atoms. The zero-order valence-electron chi connectivity index (χ0n) is 19.8. The monoisotopic (exact) mass is 484 g/mol. The number of methoxy groups -OCH3 is 2. The molecule has 9 nitrogen and oxygen atoms in total. The molecule has 10 heteroatoms. The van der Waals surface area contributed by atoms with Crippen LogP contribution in [0.2, 0.25) is 0 Å². The van der Waals surface area contributed by atoms with E-state index in [1.54, 1.807) is 20.3 Å². The van der Waals surface area contributed by atoms with Crippen LogP contribution in [0.4, 0.5) is 14.9 Å². The van der Waals surface area contributed by atoms with Gasteiger partial charge in [-0.15, -0.1) is 0 Å². The van der Waals surface area contributed by atoms with Gasteiger partial charge in [0.15, 0.2) is 11.5 Å². The minimum atomic E-state index is -0.564. The molecule has 4 rings (SSSR count). The average Bonchev–Trinajstić information content (AvgIpc) is 2.87. The van der Waals surface area contributed by atoms with Crippen LogP contribution in [0, 0.1) is 5.82 Å². The number of anilines is 1. The Morgan fingerprint density at radius 2 is 1.86 bits per heavy atom. The van der Waals surface area contributed by atoms with Crippen molar-refractivity contribution in [3.63, 3.8) is 0 Å². The van der Waals surface area contributed by atoms with Crippen molar-refractivity contribution in [2.45, 2.75) is 31.3 Å². The Hall–Kier alpha value is -3.66. The van der Waals surface area contributed by atoms with E-state index in [4.69, 9.17) is 9.47 Å². The lowest BCUT2D eigenvalue weighted by Crippen LogP contribution is -2.70. The van der Waals surface area contributed by atoms with Gasteiger partial charge in [0.05, 0.1) is 20.3 Å². The quantitative estimate of drug-likeness (QED) is 0.597. The van der Waals surface area contributed by atoms with Crippen LogP contribution >= 0.6 is 0 Å². The minimum absolute atomic E-state index is 0.161. The first-order valence-electron chi connectivity index (χ1n) is 11.5. The topological polar surface area (TPSA) is 100 Å². The molecule has 35 heavy (non-hydrogen) atoms. The molecule has 2 saturated heterocycles. The molecule has 2 fully saturated rings. The van der Waals surface area contributed by atoms with Gasteiger partial charge in [-0.2, -0.15) is 0 Å². The van der Waals surface area contributed by atoms with Gasteiger partial charge >= 0.3 is 6.03 Å². The highest BCUT2D eigenvalue weighted by Gasteiger charge is 2.47. The third kappa shape index (κ3) is 5.37. The number of benzene rings is 2. The Balaban J connectivity index is 1.48. The number of amides is 4. The molecule has 0 aliphatic carbocycles. The van der Waals surface area contributed by atoms with Crippen molar-refractivity contribution in [3.05, 3.63) is 53.8 Å². The summed E-state index contributed by atoms with van der Waals surface area (Å²) < 4.78 is 23.8. The van der Waals surface area contributed by atoms with Gasteiger partial charge in [0.2, 0.25) is 11.8 Å². The molecule has 2 aliphatic heterocycles. The van der Waals surface area contributed by atoms with E-state index >= 15 is 0 Å². The van der Waals surface area contributed by atoms with E-state index in [0.717, 1.165) is 12.0 Å². The van der Waals surface area contributed by atoms with E-state index in [1.807, 2.05) is 12.1 Å². The fourth-order valence-electron chi connectivity index (χ4n) is 4.57. The van der Waals surface area contributed by atoms with E-state index < -0.39 is 29.8 Å². The van der Waals surface area contributed by atoms with Gasteiger partial charge in [0.1, 0.15) is 18.4 Å². The number of imide groups is 1. The van der Waals surface area contributed by atoms with Gasteiger partial charge in [-0.1, -0.05) is 6.07 Å². The first kappa shape index (κ1) is 24.5. The second-order valence-electron chi connectivity index (χ2n) is 8.54. The SMILES string of the molecule is COc1ccc(CCN2C(=O)C3NCCCC3N(CC(=O)Nc3ccc(F)cc3)C2=O)cc1OC. The number of hydrogen-bond acceptors (Lipinski definition) is 6. The van der Waals surface area contributed by atoms with Crippen LogP contribution in [-0.2, 0) is 16.0 Å². The number of carbonyl (C=O) groups is 3. The molecule has 0 radical (unpaired) electrons. The molecule has 2 unspecified atom stereocenters. The molecule has 4 amide bonds. The zero-order chi connectivity index (χ0) is 24.9. The number of rotatable bonds is 8. The summed E-state index contributed by atoms with van der Waals surface area (Å²) >= 11 is 0. The first-order valence-corrected chi connectivity index (χ1v) is 11.5. The predicted molar refractivity (Wildman–Crippen MR) is 127 cm³/mol. The van der Waals surface area contributed by atoms with E-state index in [0.29, 0.717) is 36.6 Å². The number of nitrogens with zero attached hydrogens (tertiary/aromatic N) is 2. The summed E-state index contributed by atoms with van der Waals surface area (Å²) in [5, 5.41) is 5.91. The average molecular weight is 485 g/mol. The van der Waals surface area contributed by atoms with Crippen LogP contribution < -0.4 is 20.1 Å². The summed E-state index contributed by atoms with van der Waals surface area (Å²) in [7, 11) is 3.10. The molecular formula is C25H29FN4O5. The maximum absolute atomic E-state index is 13.4. The molecule has 2 atom stereocenters. The summed E-state index contributed by atoms with van der Waals surface area (Å²) in [5.41, 5.74) is 1.31. The van der Waals surface area contributed by atoms with Crippen LogP contribution in [0.5, 0.6) is 11.5 Å². The van der Waals surface area contributed by atoms with Crippen LogP contribution in [0.25, 0.3) is 0 Å². The number of hydrogen-bond donors (Lipinski definition) is 2. The third-order valence-electron chi connectivity index (χ3n) is 6.35. The van der Waals surface area contributed by atoms with Crippen molar-refractivity contribution in [3.8, 4) is 11.5 Å². The van der Waals surface area contributed by atoms with Crippen molar-refractivity contribution in [1.82, 2.24) is 15.1 Å². The molecule has 2 heterocycles. The number of urea groups is 1. The lowest BCUT2D eigenvalue weighted by molar-refractivity contribution is -0.138. The normalized spacial score (nSPS) is 19.9. The fraction of sp³-hybridized carbons (Fsp3) is 0.400. The molecule has 2 aromatic rings. The Morgan fingerprint density at radius 1 is 1.11 bits per heavy atom. The molecule has 2 aliphatic rings. The molecular weight excluding hydrogens is 455 g/mol. The summed E-state index contributed by atoms with van der Waals surface area (Å²) in [5.74, 6) is 0.0520. The van der Waals surface area contributed by atoms with Gasteiger partial charge in [-0.05, 0) is 67.8 Å². The highest BCUT2D eigenvalue weighted by Crippen LogP contribution is 2.29. The van der Waals surface area contributed by atoms with Gasteiger partial charge in [-0.25, -0.2) is 9.18 Å².